The van der Waals surface area contributed by atoms with E-state index in [1.165, 1.54) is 0 Å². The van der Waals surface area contributed by atoms with Gasteiger partial charge in [0.15, 0.2) is 0 Å². The Morgan fingerprint density at radius 2 is 2.27 bits per heavy atom. The molecular weight excluding hydrogens is 190 g/mol. The zero-order chi connectivity index (χ0) is 11.4. The first-order chi connectivity index (χ1) is 7.04. The van der Waals surface area contributed by atoms with Gasteiger partial charge in [-0.25, -0.2) is 0 Å². The van der Waals surface area contributed by atoms with Gasteiger partial charge >= 0.3 is 0 Å². The number of ketones is 2. The van der Waals surface area contributed by atoms with Crippen LogP contribution in [0.2, 0.25) is 0 Å². The number of piperidine rings is 1. The number of nitrogens with zero attached hydrogens (tertiary/aromatic N) is 1. The van der Waals surface area contributed by atoms with Crippen LogP contribution in [0.3, 0.4) is 0 Å². The standard InChI is InChI=1S/C12H21NO2/c1-4-11-8-13(6-5-12(11)15)9(2)7-10(3)14/h9,11H,4-8H2,1-3H3. The van der Waals surface area contributed by atoms with Crippen molar-refractivity contribution in [1.82, 2.24) is 4.90 Å². The van der Waals surface area contributed by atoms with E-state index in [1.54, 1.807) is 6.92 Å². The van der Waals surface area contributed by atoms with Crippen LogP contribution >= 0.6 is 0 Å². The van der Waals surface area contributed by atoms with Gasteiger partial charge in [0.25, 0.3) is 0 Å². The van der Waals surface area contributed by atoms with Crippen LogP contribution in [0.15, 0.2) is 0 Å². The lowest BCUT2D eigenvalue weighted by Crippen LogP contribution is -2.45. The highest BCUT2D eigenvalue weighted by Gasteiger charge is 2.28. The van der Waals surface area contributed by atoms with Crippen molar-refractivity contribution in [2.75, 3.05) is 13.1 Å². The molecule has 15 heavy (non-hydrogen) atoms. The fourth-order valence-electron chi connectivity index (χ4n) is 2.24. The van der Waals surface area contributed by atoms with Crippen LogP contribution in [0, 0.1) is 5.92 Å². The van der Waals surface area contributed by atoms with E-state index in [-0.39, 0.29) is 17.7 Å². The first-order valence-corrected chi connectivity index (χ1v) is 5.80. The fourth-order valence-corrected chi connectivity index (χ4v) is 2.24. The smallest absolute Gasteiger partial charge is 0.138 e. The molecule has 86 valence electrons. The topological polar surface area (TPSA) is 37.4 Å². The first-order valence-electron chi connectivity index (χ1n) is 5.80. The molecule has 0 radical (unpaired) electrons. The molecule has 0 spiro atoms. The van der Waals surface area contributed by atoms with Crippen LogP contribution in [0.25, 0.3) is 0 Å². The third kappa shape index (κ3) is 3.42. The number of hydrogen-bond acceptors (Lipinski definition) is 3. The monoisotopic (exact) mass is 211 g/mol. The van der Waals surface area contributed by atoms with Gasteiger partial charge in [0, 0.05) is 37.9 Å². The summed E-state index contributed by atoms with van der Waals surface area (Å²) in [5.41, 5.74) is 0. The van der Waals surface area contributed by atoms with Crippen LogP contribution < -0.4 is 0 Å². The number of rotatable bonds is 4. The number of carbonyl (C=O) groups excluding carboxylic acids is 2. The van der Waals surface area contributed by atoms with Crippen molar-refractivity contribution in [2.24, 2.45) is 5.92 Å². The summed E-state index contributed by atoms with van der Waals surface area (Å²) in [6, 6.07) is 0.282. The van der Waals surface area contributed by atoms with Crippen molar-refractivity contribution >= 4 is 11.6 Å². The van der Waals surface area contributed by atoms with Gasteiger partial charge in [0.2, 0.25) is 0 Å². The van der Waals surface area contributed by atoms with Crippen molar-refractivity contribution in [2.45, 2.75) is 46.1 Å². The average molecular weight is 211 g/mol. The summed E-state index contributed by atoms with van der Waals surface area (Å²) in [4.78, 5) is 24.8. The van der Waals surface area contributed by atoms with E-state index in [0.29, 0.717) is 18.6 Å². The van der Waals surface area contributed by atoms with Crippen LogP contribution in [0.1, 0.15) is 40.0 Å². The minimum Gasteiger partial charge on any atom is -0.300 e. The molecule has 3 nitrogen and oxygen atoms in total. The second-order valence-corrected chi connectivity index (χ2v) is 4.57. The van der Waals surface area contributed by atoms with Crippen LogP contribution in [-0.2, 0) is 9.59 Å². The lowest BCUT2D eigenvalue weighted by Gasteiger charge is -2.35. The van der Waals surface area contributed by atoms with E-state index in [2.05, 4.69) is 18.7 Å². The largest absolute Gasteiger partial charge is 0.300 e. The summed E-state index contributed by atoms with van der Waals surface area (Å²) >= 11 is 0. The Morgan fingerprint density at radius 1 is 1.60 bits per heavy atom. The van der Waals surface area contributed by atoms with Crippen molar-refractivity contribution in [3.05, 3.63) is 0 Å². The molecule has 0 aromatic heterocycles. The van der Waals surface area contributed by atoms with Gasteiger partial charge in [-0.1, -0.05) is 6.92 Å². The highest BCUT2D eigenvalue weighted by atomic mass is 16.1. The van der Waals surface area contributed by atoms with E-state index in [1.807, 2.05) is 0 Å². The van der Waals surface area contributed by atoms with Crippen LogP contribution in [-0.4, -0.2) is 35.6 Å². The summed E-state index contributed by atoms with van der Waals surface area (Å²) < 4.78 is 0. The highest BCUT2D eigenvalue weighted by Crippen LogP contribution is 2.19. The molecule has 2 atom stereocenters. The van der Waals surface area contributed by atoms with Crippen molar-refractivity contribution < 1.29 is 9.59 Å². The van der Waals surface area contributed by atoms with Gasteiger partial charge in [0.05, 0.1) is 0 Å². The highest BCUT2D eigenvalue weighted by molar-refractivity contribution is 5.82. The molecule has 0 amide bonds. The van der Waals surface area contributed by atoms with E-state index >= 15 is 0 Å². The first kappa shape index (κ1) is 12.4. The predicted molar refractivity (Wildman–Crippen MR) is 59.7 cm³/mol. The molecule has 0 bridgehead atoms. The molecule has 1 heterocycles. The molecule has 1 rings (SSSR count). The lowest BCUT2D eigenvalue weighted by molar-refractivity contribution is -0.127. The predicted octanol–water partition coefficient (Wildman–Crippen LogP) is 1.66. The van der Waals surface area contributed by atoms with E-state index < -0.39 is 0 Å². The molecule has 1 aliphatic rings. The summed E-state index contributed by atoms with van der Waals surface area (Å²) in [5.74, 6) is 0.810. The molecule has 1 saturated heterocycles. The van der Waals surface area contributed by atoms with Gasteiger partial charge in [-0.3, -0.25) is 14.5 Å². The van der Waals surface area contributed by atoms with Gasteiger partial charge in [-0.2, -0.15) is 0 Å². The molecule has 2 unspecified atom stereocenters. The quantitative estimate of drug-likeness (QED) is 0.709. The van der Waals surface area contributed by atoms with Crippen molar-refractivity contribution in [1.29, 1.82) is 0 Å². The van der Waals surface area contributed by atoms with Crippen LogP contribution in [0.4, 0.5) is 0 Å². The molecule has 0 aromatic rings. The van der Waals surface area contributed by atoms with E-state index in [9.17, 15) is 9.59 Å². The SMILES string of the molecule is CCC1CN(C(C)CC(C)=O)CCC1=O. The summed E-state index contributed by atoms with van der Waals surface area (Å²) in [6.45, 7) is 7.42. The minimum absolute atomic E-state index is 0.188. The normalized spacial score (nSPS) is 25.3. The number of carbonyl (C=O) groups is 2. The number of likely N-dealkylation sites (tertiary alicyclic amines) is 1. The molecule has 3 heteroatoms. The van der Waals surface area contributed by atoms with E-state index in [0.717, 1.165) is 19.5 Å². The Kier molecular flexibility index (Phi) is 4.45. The average Bonchev–Trinajstić information content (AvgIpc) is 2.17. The third-order valence-corrected chi connectivity index (χ3v) is 3.25. The van der Waals surface area contributed by atoms with Gasteiger partial charge < -0.3 is 0 Å². The minimum atomic E-state index is 0.188. The molecule has 0 N–H and O–H groups in total. The second-order valence-electron chi connectivity index (χ2n) is 4.57. The summed E-state index contributed by atoms with van der Waals surface area (Å²) in [7, 11) is 0. The summed E-state index contributed by atoms with van der Waals surface area (Å²) in [5, 5.41) is 0. The van der Waals surface area contributed by atoms with Gasteiger partial charge in [-0.15, -0.1) is 0 Å². The Bertz CT molecular complexity index is 250. The van der Waals surface area contributed by atoms with E-state index in [4.69, 9.17) is 0 Å². The second kappa shape index (κ2) is 5.40. The Hall–Kier alpha value is -0.700. The Morgan fingerprint density at radius 3 is 2.80 bits per heavy atom. The van der Waals surface area contributed by atoms with Gasteiger partial charge in [0.1, 0.15) is 11.6 Å². The zero-order valence-electron chi connectivity index (χ0n) is 9.95. The van der Waals surface area contributed by atoms with Crippen molar-refractivity contribution in [3.63, 3.8) is 0 Å². The Balaban J connectivity index is 2.50. The summed E-state index contributed by atoms with van der Waals surface area (Å²) in [6.07, 6.45) is 2.17. The maximum atomic E-state index is 11.5. The molecule has 0 saturated carbocycles. The lowest BCUT2D eigenvalue weighted by atomic mass is 9.92. The number of Topliss-reactive ketones (excluding diaryl/α,β-unsaturated/α-hetero) is 2. The molecule has 1 fully saturated rings. The Labute approximate surface area is 91.8 Å². The fraction of sp³-hybridized carbons (Fsp3) is 0.833. The molecule has 1 aliphatic heterocycles. The number of hydrogen-bond donors (Lipinski definition) is 0. The maximum Gasteiger partial charge on any atom is 0.138 e. The van der Waals surface area contributed by atoms with Gasteiger partial charge in [-0.05, 0) is 20.3 Å². The maximum absolute atomic E-state index is 11.5. The zero-order valence-corrected chi connectivity index (χ0v) is 9.95. The molecule has 0 aromatic carbocycles. The van der Waals surface area contributed by atoms with Crippen molar-refractivity contribution in [3.8, 4) is 0 Å². The van der Waals surface area contributed by atoms with Crippen LogP contribution in [0.5, 0.6) is 0 Å². The molecule has 0 aliphatic carbocycles. The third-order valence-electron chi connectivity index (χ3n) is 3.25. The molecular formula is C12H21NO2.